The molecule has 0 aliphatic heterocycles. The minimum atomic E-state index is -0.464. The Bertz CT molecular complexity index is 1020. The Morgan fingerprint density at radius 2 is 1.81 bits per heavy atom. The molecule has 0 unspecified atom stereocenters. The van der Waals surface area contributed by atoms with Gasteiger partial charge in [0.1, 0.15) is 6.10 Å². The average molecular weight is 368 g/mol. The number of H-pyrrole nitrogens is 1. The molecule has 26 heavy (non-hydrogen) atoms. The molecular weight excluding hydrogens is 350 g/mol. The summed E-state index contributed by atoms with van der Waals surface area (Å²) in [5, 5.41) is 1.09. The summed E-state index contributed by atoms with van der Waals surface area (Å²) in [5.41, 5.74) is 1.53. The van der Waals surface area contributed by atoms with Gasteiger partial charge in [-0.1, -0.05) is 41.9 Å². The van der Waals surface area contributed by atoms with Crippen LogP contribution in [0, 0.1) is 0 Å². The Morgan fingerprint density at radius 1 is 1.08 bits per heavy atom. The molecule has 4 rings (SSSR count). The van der Waals surface area contributed by atoms with Crippen LogP contribution in [0.5, 0.6) is 0 Å². The van der Waals surface area contributed by atoms with E-state index in [0.717, 1.165) is 25.7 Å². The number of hydrogen-bond acceptors (Lipinski definition) is 3. The van der Waals surface area contributed by atoms with Gasteiger partial charge in [-0.25, -0.2) is 4.79 Å². The number of benzene rings is 2. The van der Waals surface area contributed by atoms with E-state index in [9.17, 15) is 9.59 Å². The van der Waals surface area contributed by atoms with Crippen LogP contribution in [0.3, 0.4) is 0 Å². The maximum atomic E-state index is 13.1. The van der Waals surface area contributed by atoms with Crippen molar-refractivity contribution in [2.24, 2.45) is 0 Å². The number of aromatic nitrogens is 1. The largest absolute Gasteiger partial charge is 0.459 e. The third-order valence-corrected chi connectivity index (χ3v) is 5.05. The molecule has 1 N–H and O–H groups in total. The van der Waals surface area contributed by atoms with Crippen LogP contribution >= 0.6 is 11.6 Å². The van der Waals surface area contributed by atoms with Crippen LogP contribution in [-0.4, -0.2) is 17.1 Å². The topological polar surface area (TPSA) is 59.2 Å². The predicted molar refractivity (Wildman–Crippen MR) is 103 cm³/mol. The van der Waals surface area contributed by atoms with Gasteiger partial charge in [-0.2, -0.15) is 0 Å². The van der Waals surface area contributed by atoms with Crippen LogP contribution in [0.1, 0.15) is 36.0 Å². The third-order valence-electron chi connectivity index (χ3n) is 4.82. The molecule has 4 nitrogen and oxygen atoms in total. The lowest BCUT2D eigenvalue weighted by Crippen LogP contribution is -2.21. The molecule has 0 spiro atoms. The molecule has 0 radical (unpaired) electrons. The first kappa shape index (κ1) is 16.9. The fraction of sp³-hybridized carbons (Fsp3) is 0.238. The second kappa shape index (κ2) is 6.96. The molecule has 1 saturated carbocycles. The van der Waals surface area contributed by atoms with E-state index in [4.69, 9.17) is 16.3 Å². The van der Waals surface area contributed by atoms with E-state index in [2.05, 4.69) is 4.98 Å². The van der Waals surface area contributed by atoms with E-state index in [1.54, 1.807) is 18.2 Å². The summed E-state index contributed by atoms with van der Waals surface area (Å²) in [7, 11) is 0. The molecule has 1 aliphatic rings. The number of carbonyl (C=O) groups excluding carboxylic acids is 1. The fourth-order valence-corrected chi connectivity index (χ4v) is 3.75. The second-order valence-corrected chi connectivity index (χ2v) is 7.01. The number of fused-ring (bicyclic) bond motifs is 1. The highest BCUT2D eigenvalue weighted by Crippen LogP contribution is 2.30. The molecule has 1 fully saturated rings. The van der Waals surface area contributed by atoms with E-state index >= 15 is 0 Å². The van der Waals surface area contributed by atoms with Gasteiger partial charge in [0, 0.05) is 15.9 Å². The smallest absolute Gasteiger partial charge is 0.339 e. The van der Waals surface area contributed by atoms with Crippen LogP contribution in [-0.2, 0) is 4.74 Å². The second-order valence-electron chi connectivity index (χ2n) is 6.57. The Labute approximate surface area is 155 Å². The van der Waals surface area contributed by atoms with Crippen molar-refractivity contribution in [3.05, 3.63) is 69.5 Å². The van der Waals surface area contributed by atoms with Crippen molar-refractivity contribution in [2.45, 2.75) is 31.8 Å². The summed E-state index contributed by atoms with van der Waals surface area (Å²) in [6.45, 7) is 0. The van der Waals surface area contributed by atoms with E-state index in [1.807, 2.05) is 30.3 Å². The van der Waals surface area contributed by atoms with Crippen LogP contribution in [0.15, 0.2) is 53.3 Å². The van der Waals surface area contributed by atoms with Crippen molar-refractivity contribution >= 4 is 28.5 Å². The lowest BCUT2D eigenvalue weighted by Gasteiger charge is -2.16. The highest BCUT2D eigenvalue weighted by Gasteiger charge is 2.26. The van der Waals surface area contributed by atoms with E-state index in [-0.39, 0.29) is 17.2 Å². The number of aromatic amines is 1. The summed E-state index contributed by atoms with van der Waals surface area (Å²) in [6, 6.07) is 14.3. The van der Waals surface area contributed by atoms with Crippen molar-refractivity contribution in [2.75, 3.05) is 0 Å². The predicted octanol–water partition coefficient (Wildman–Crippen LogP) is 4.95. The summed E-state index contributed by atoms with van der Waals surface area (Å²) in [4.78, 5) is 28.7. The molecule has 0 atom stereocenters. The molecule has 0 amide bonds. The average Bonchev–Trinajstić information content (AvgIpc) is 3.14. The van der Waals surface area contributed by atoms with E-state index < -0.39 is 5.97 Å². The highest BCUT2D eigenvalue weighted by atomic mass is 35.5. The highest BCUT2D eigenvalue weighted by molar-refractivity contribution is 6.31. The number of nitrogens with one attached hydrogen (secondary N) is 1. The molecule has 1 heterocycles. The molecule has 3 aromatic rings. The number of carbonyl (C=O) groups is 1. The van der Waals surface area contributed by atoms with Crippen LogP contribution in [0.2, 0.25) is 5.02 Å². The number of esters is 1. The first-order chi connectivity index (χ1) is 12.6. The zero-order valence-electron chi connectivity index (χ0n) is 14.1. The third kappa shape index (κ3) is 3.13. The van der Waals surface area contributed by atoms with E-state index in [0.29, 0.717) is 27.1 Å². The summed E-state index contributed by atoms with van der Waals surface area (Å²) < 4.78 is 5.73. The quantitative estimate of drug-likeness (QED) is 0.666. The minimum Gasteiger partial charge on any atom is -0.459 e. The van der Waals surface area contributed by atoms with Gasteiger partial charge in [-0.3, -0.25) is 4.79 Å². The number of halogens is 1. The number of rotatable bonds is 3. The van der Waals surface area contributed by atoms with Crippen LogP contribution in [0.25, 0.3) is 22.0 Å². The van der Waals surface area contributed by atoms with Crippen molar-refractivity contribution in [1.29, 1.82) is 0 Å². The molecule has 0 saturated heterocycles. The normalized spacial score (nSPS) is 14.7. The summed E-state index contributed by atoms with van der Waals surface area (Å²) >= 11 is 6.16. The van der Waals surface area contributed by atoms with Gasteiger partial charge in [0.2, 0.25) is 0 Å². The van der Waals surface area contributed by atoms with Gasteiger partial charge in [0.15, 0.2) is 0 Å². The zero-order chi connectivity index (χ0) is 18.1. The SMILES string of the molecule is O=C(OC1CCCC1)c1c(-c2ccccc2)c(=O)[nH]c2ccc(Cl)cc12. The number of pyridine rings is 1. The van der Waals surface area contributed by atoms with Crippen molar-refractivity contribution in [1.82, 2.24) is 4.98 Å². The molecule has 1 aliphatic carbocycles. The Morgan fingerprint density at radius 3 is 2.54 bits per heavy atom. The van der Waals surface area contributed by atoms with Gasteiger partial charge < -0.3 is 9.72 Å². The number of ether oxygens (including phenoxy) is 1. The van der Waals surface area contributed by atoms with Crippen molar-refractivity contribution < 1.29 is 9.53 Å². The maximum Gasteiger partial charge on any atom is 0.339 e. The molecule has 5 heteroatoms. The molecule has 132 valence electrons. The van der Waals surface area contributed by atoms with E-state index in [1.165, 1.54) is 0 Å². The lowest BCUT2D eigenvalue weighted by atomic mass is 9.97. The first-order valence-corrected chi connectivity index (χ1v) is 9.13. The van der Waals surface area contributed by atoms with Gasteiger partial charge in [0.05, 0.1) is 11.1 Å². The zero-order valence-corrected chi connectivity index (χ0v) is 14.9. The van der Waals surface area contributed by atoms with Gasteiger partial charge >= 0.3 is 5.97 Å². The first-order valence-electron chi connectivity index (χ1n) is 8.75. The Kier molecular flexibility index (Phi) is 4.51. The van der Waals surface area contributed by atoms with Gasteiger partial charge in [-0.15, -0.1) is 0 Å². The lowest BCUT2D eigenvalue weighted by molar-refractivity contribution is 0.0321. The summed E-state index contributed by atoms with van der Waals surface area (Å²) in [5.74, 6) is -0.464. The number of hydrogen-bond donors (Lipinski definition) is 1. The minimum absolute atomic E-state index is 0.0837. The van der Waals surface area contributed by atoms with Gasteiger partial charge in [-0.05, 0) is 49.4 Å². The fourth-order valence-electron chi connectivity index (χ4n) is 3.57. The van der Waals surface area contributed by atoms with Crippen LogP contribution in [0.4, 0.5) is 0 Å². The van der Waals surface area contributed by atoms with Crippen LogP contribution < -0.4 is 5.56 Å². The molecule has 0 bridgehead atoms. The Balaban J connectivity index is 1.95. The monoisotopic (exact) mass is 367 g/mol. The molecule has 1 aromatic heterocycles. The summed E-state index contributed by atoms with van der Waals surface area (Å²) in [6.07, 6.45) is 3.78. The Hall–Kier alpha value is -2.59. The molecule has 2 aromatic carbocycles. The van der Waals surface area contributed by atoms with Crippen molar-refractivity contribution in [3.8, 4) is 11.1 Å². The standard InChI is InChI=1S/C21H18ClNO3/c22-14-10-11-17-16(12-14)19(21(25)26-15-8-4-5-9-15)18(20(24)23-17)13-6-2-1-3-7-13/h1-3,6-7,10-12,15H,4-5,8-9H2,(H,23,24). The van der Waals surface area contributed by atoms with Gasteiger partial charge in [0.25, 0.3) is 5.56 Å². The maximum absolute atomic E-state index is 13.1. The molecular formula is C21H18ClNO3. The van der Waals surface area contributed by atoms with Crippen molar-refractivity contribution in [3.63, 3.8) is 0 Å².